The zero-order valence-electron chi connectivity index (χ0n) is 11.2. The van der Waals surface area contributed by atoms with Gasteiger partial charge in [0.2, 0.25) is 0 Å². The number of hydrogen-bond acceptors (Lipinski definition) is 0. The lowest BCUT2D eigenvalue weighted by molar-refractivity contribution is 0.625. The number of benzene rings is 2. The normalized spacial score (nSPS) is 12.4. The van der Waals surface area contributed by atoms with E-state index >= 15 is 0 Å². The van der Waals surface area contributed by atoms with Crippen LogP contribution >= 0.6 is 0 Å². The minimum absolute atomic E-state index is 0.169. The van der Waals surface area contributed by atoms with Gasteiger partial charge < -0.3 is 0 Å². The second kappa shape index (κ2) is 5.34. The highest BCUT2D eigenvalue weighted by Gasteiger charge is 2.07. The standard InChI is InChI=1S/C17H19F/c1-12-4-5-15(10-13(12)2)11-14(3)16-6-8-17(18)9-7-16/h4-10,14H,11H2,1-3H3. The molecule has 0 aliphatic rings. The predicted molar refractivity (Wildman–Crippen MR) is 74.4 cm³/mol. The molecule has 0 nitrogen and oxygen atoms in total. The van der Waals surface area contributed by atoms with E-state index in [9.17, 15) is 4.39 Å². The van der Waals surface area contributed by atoms with Gasteiger partial charge in [-0.2, -0.15) is 0 Å². The fourth-order valence-electron chi connectivity index (χ4n) is 2.19. The quantitative estimate of drug-likeness (QED) is 0.726. The van der Waals surface area contributed by atoms with Crippen LogP contribution in [-0.2, 0) is 6.42 Å². The Labute approximate surface area is 108 Å². The summed E-state index contributed by atoms with van der Waals surface area (Å²) in [4.78, 5) is 0. The summed E-state index contributed by atoms with van der Waals surface area (Å²) >= 11 is 0. The first-order valence-electron chi connectivity index (χ1n) is 6.38. The molecule has 2 aromatic carbocycles. The minimum atomic E-state index is -0.169. The van der Waals surface area contributed by atoms with E-state index in [4.69, 9.17) is 0 Å². The molecule has 0 radical (unpaired) electrons. The maximum absolute atomic E-state index is 12.9. The van der Waals surface area contributed by atoms with Crippen LogP contribution in [0.4, 0.5) is 4.39 Å². The van der Waals surface area contributed by atoms with E-state index in [0.29, 0.717) is 5.92 Å². The SMILES string of the molecule is Cc1ccc(CC(C)c2ccc(F)cc2)cc1C. The lowest BCUT2D eigenvalue weighted by atomic mass is 9.92. The topological polar surface area (TPSA) is 0 Å². The highest BCUT2D eigenvalue weighted by molar-refractivity contribution is 5.31. The smallest absolute Gasteiger partial charge is 0.123 e. The van der Waals surface area contributed by atoms with E-state index in [1.165, 1.54) is 34.4 Å². The molecule has 2 aromatic rings. The molecule has 1 unspecified atom stereocenters. The van der Waals surface area contributed by atoms with Crippen molar-refractivity contribution in [2.75, 3.05) is 0 Å². The van der Waals surface area contributed by atoms with Crippen molar-refractivity contribution < 1.29 is 4.39 Å². The second-order valence-corrected chi connectivity index (χ2v) is 5.08. The average molecular weight is 242 g/mol. The summed E-state index contributed by atoms with van der Waals surface area (Å²) in [7, 11) is 0. The van der Waals surface area contributed by atoms with Gasteiger partial charge in [-0.15, -0.1) is 0 Å². The molecule has 94 valence electrons. The number of halogens is 1. The maximum atomic E-state index is 12.9. The lowest BCUT2D eigenvalue weighted by Gasteiger charge is -2.13. The van der Waals surface area contributed by atoms with Crippen LogP contribution < -0.4 is 0 Å². The summed E-state index contributed by atoms with van der Waals surface area (Å²) in [5, 5.41) is 0. The van der Waals surface area contributed by atoms with E-state index in [-0.39, 0.29) is 5.82 Å². The molecule has 1 atom stereocenters. The summed E-state index contributed by atoms with van der Waals surface area (Å²) in [6.07, 6.45) is 0.993. The molecule has 0 aromatic heterocycles. The van der Waals surface area contributed by atoms with Gasteiger partial charge in [-0.25, -0.2) is 4.39 Å². The maximum Gasteiger partial charge on any atom is 0.123 e. The summed E-state index contributed by atoms with van der Waals surface area (Å²) in [6, 6.07) is 13.4. The van der Waals surface area contributed by atoms with Crippen molar-refractivity contribution in [2.24, 2.45) is 0 Å². The van der Waals surface area contributed by atoms with Gasteiger partial charge >= 0.3 is 0 Å². The van der Waals surface area contributed by atoms with Crippen LogP contribution in [0.5, 0.6) is 0 Å². The van der Waals surface area contributed by atoms with E-state index < -0.39 is 0 Å². The molecular formula is C17H19F. The number of hydrogen-bond donors (Lipinski definition) is 0. The van der Waals surface area contributed by atoms with Gasteiger partial charge in [-0.3, -0.25) is 0 Å². The first-order chi connectivity index (χ1) is 8.56. The van der Waals surface area contributed by atoms with Crippen molar-refractivity contribution >= 4 is 0 Å². The number of rotatable bonds is 3. The third-order valence-electron chi connectivity index (χ3n) is 3.55. The van der Waals surface area contributed by atoms with E-state index in [0.717, 1.165) is 6.42 Å². The minimum Gasteiger partial charge on any atom is -0.207 e. The molecular weight excluding hydrogens is 223 g/mol. The molecule has 0 spiro atoms. The third kappa shape index (κ3) is 2.98. The molecule has 0 heterocycles. The molecule has 0 bridgehead atoms. The fraction of sp³-hybridized carbons (Fsp3) is 0.294. The van der Waals surface area contributed by atoms with Crippen LogP contribution in [0.25, 0.3) is 0 Å². The van der Waals surface area contributed by atoms with Gasteiger partial charge in [0.15, 0.2) is 0 Å². The summed E-state index contributed by atoms with van der Waals surface area (Å²) in [5.41, 5.74) is 5.19. The molecule has 0 amide bonds. The third-order valence-corrected chi connectivity index (χ3v) is 3.55. The van der Waals surface area contributed by atoms with Gasteiger partial charge in [0.05, 0.1) is 0 Å². The molecule has 2 rings (SSSR count). The predicted octanol–water partition coefficient (Wildman–Crippen LogP) is 4.79. The van der Waals surface area contributed by atoms with Crippen molar-refractivity contribution in [1.29, 1.82) is 0 Å². The highest BCUT2D eigenvalue weighted by atomic mass is 19.1. The van der Waals surface area contributed by atoms with Crippen LogP contribution in [-0.4, -0.2) is 0 Å². The average Bonchev–Trinajstić information content (AvgIpc) is 2.34. The fourth-order valence-corrected chi connectivity index (χ4v) is 2.19. The Hall–Kier alpha value is -1.63. The first kappa shape index (κ1) is 12.8. The molecule has 0 saturated carbocycles. The Morgan fingerprint density at radius 3 is 2.22 bits per heavy atom. The molecule has 0 saturated heterocycles. The molecule has 0 fully saturated rings. The second-order valence-electron chi connectivity index (χ2n) is 5.08. The van der Waals surface area contributed by atoms with Gasteiger partial charge in [0, 0.05) is 0 Å². The van der Waals surface area contributed by atoms with Crippen molar-refractivity contribution in [3.8, 4) is 0 Å². The Morgan fingerprint density at radius 1 is 0.944 bits per heavy atom. The molecule has 1 heteroatoms. The van der Waals surface area contributed by atoms with Crippen molar-refractivity contribution in [2.45, 2.75) is 33.1 Å². The summed E-state index contributed by atoms with van der Waals surface area (Å²) in [6.45, 7) is 6.45. The Bertz CT molecular complexity index is 526. The van der Waals surface area contributed by atoms with Crippen molar-refractivity contribution in [1.82, 2.24) is 0 Å². The molecule has 0 N–H and O–H groups in total. The summed E-state index contributed by atoms with van der Waals surface area (Å²) in [5.74, 6) is 0.241. The first-order valence-corrected chi connectivity index (χ1v) is 6.38. The van der Waals surface area contributed by atoms with Crippen LogP contribution in [0.15, 0.2) is 42.5 Å². The number of aryl methyl sites for hydroxylation is 2. The zero-order chi connectivity index (χ0) is 13.1. The van der Waals surface area contributed by atoms with Gasteiger partial charge in [-0.1, -0.05) is 37.3 Å². The van der Waals surface area contributed by atoms with E-state index in [2.05, 4.69) is 39.0 Å². The Morgan fingerprint density at radius 2 is 1.61 bits per heavy atom. The summed E-state index contributed by atoms with van der Waals surface area (Å²) < 4.78 is 12.9. The molecule has 0 aliphatic carbocycles. The molecule has 0 aliphatic heterocycles. The van der Waals surface area contributed by atoms with E-state index in [1.54, 1.807) is 0 Å². The Kier molecular flexibility index (Phi) is 3.81. The largest absolute Gasteiger partial charge is 0.207 e. The monoisotopic (exact) mass is 242 g/mol. The van der Waals surface area contributed by atoms with Gasteiger partial charge in [-0.05, 0) is 60.6 Å². The van der Waals surface area contributed by atoms with Crippen molar-refractivity contribution in [3.63, 3.8) is 0 Å². The molecule has 18 heavy (non-hydrogen) atoms. The van der Waals surface area contributed by atoms with Crippen LogP contribution in [0.3, 0.4) is 0 Å². The van der Waals surface area contributed by atoms with Crippen LogP contribution in [0.2, 0.25) is 0 Å². The van der Waals surface area contributed by atoms with Crippen molar-refractivity contribution in [3.05, 3.63) is 70.5 Å². The van der Waals surface area contributed by atoms with E-state index in [1.807, 2.05) is 12.1 Å². The Balaban J connectivity index is 2.13. The lowest BCUT2D eigenvalue weighted by Crippen LogP contribution is -1.99. The van der Waals surface area contributed by atoms with Gasteiger partial charge in [0.1, 0.15) is 5.82 Å². The van der Waals surface area contributed by atoms with Gasteiger partial charge in [0.25, 0.3) is 0 Å². The zero-order valence-corrected chi connectivity index (χ0v) is 11.2. The van der Waals surface area contributed by atoms with Crippen LogP contribution in [0, 0.1) is 19.7 Å². The highest BCUT2D eigenvalue weighted by Crippen LogP contribution is 2.22. The van der Waals surface area contributed by atoms with Crippen LogP contribution in [0.1, 0.15) is 35.1 Å².